The first-order valence-corrected chi connectivity index (χ1v) is 10.9. The van der Waals surface area contributed by atoms with Gasteiger partial charge in [0, 0.05) is 11.2 Å². The van der Waals surface area contributed by atoms with Gasteiger partial charge in [-0.05, 0) is 40.6 Å². The number of hydrogen-bond acceptors (Lipinski definition) is 2. The van der Waals surface area contributed by atoms with Crippen LogP contribution in [0.15, 0.2) is 60.7 Å². The Hall–Kier alpha value is -2.20. The highest BCUT2D eigenvalue weighted by Gasteiger charge is 2.21. The Labute approximate surface area is 181 Å². The second kappa shape index (κ2) is 13.1. The zero-order valence-corrected chi connectivity index (χ0v) is 18.3. The SMILES string of the molecule is CCCCCCCCCCCc1nn(-c2ccccc2)[n+](-c2ccccc2)n1.[Cl-]. The van der Waals surface area contributed by atoms with Gasteiger partial charge in [-0.15, -0.1) is 0 Å². The molecule has 29 heavy (non-hydrogen) atoms. The van der Waals surface area contributed by atoms with Crippen LogP contribution in [0.5, 0.6) is 0 Å². The summed E-state index contributed by atoms with van der Waals surface area (Å²) in [5, 5.41) is 9.59. The predicted molar refractivity (Wildman–Crippen MR) is 114 cm³/mol. The molecule has 1 aromatic heterocycles. The zero-order chi connectivity index (χ0) is 19.4. The van der Waals surface area contributed by atoms with Crippen molar-refractivity contribution in [1.82, 2.24) is 15.0 Å². The molecule has 3 aromatic rings. The lowest BCUT2D eigenvalue weighted by molar-refractivity contribution is -0.735. The van der Waals surface area contributed by atoms with Crippen LogP contribution in [0.1, 0.15) is 70.5 Å². The predicted octanol–water partition coefficient (Wildman–Crippen LogP) is 2.62. The summed E-state index contributed by atoms with van der Waals surface area (Å²) in [5.74, 6) is 0.913. The molecule has 0 fully saturated rings. The van der Waals surface area contributed by atoms with Crippen LogP contribution in [-0.4, -0.2) is 15.0 Å². The molecule has 3 rings (SSSR count). The standard InChI is InChI=1S/C24H33N4.ClH/c1-2-3-4-5-6-7-8-9-16-21-24-25-27(22-17-12-10-13-18-22)28(26-24)23-19-14-11-15-20-23;/h10-15,17-20H,2-9,16,21H2,1H3;1H/q+1;/p-1. The van der Waals surface area contributed by atoms with E-state index in [0.29, 0.717) is 0 Å². The summed E-state index contributed by atoms with van der Waals surface area (Å²) in [6.45, 7) is 2.27. The Morgan fingerprint density at radius 1 is 0.724 bits per heavy atom. The van der Waals surface area contributed by atoms with E-state index in [2.05, 4.69) is 31.2 Å². The highest BCUT2D eigenvalue weighted by Crippen LogP contribution is 2.11. The highest BCUT2D eigenvalue weighted by atomic mass is 35.5. The molecule has 0 aliphatic heterocycles. The summed E-state index contributed by atoms with van der Waals surface area (Å²) >= 11 is 0. The van der Waals surface area contributed by atoms with E-state index in [9.17, 15) is 0 Å². The van der Waals surface area contributed by atoms with Crippen molar-refractivity contribution in [2.45, 2.75) is 71.1 Å². The minimum atomic E-state index is 0. The Morgan fingerprint density at radius 3 is 1.90 bits per heavy atom. The Morgan fingerprint density at radius 2 is 1.28 bits per heavy atom. The summed E-state index contributed by atoms with van der Waals surface area (Å²) in [6.07, 6.45) is 12.9. The van der Waals surface area contributed by atoms with Crippen molar-refractivity contribution in [3.63, 3.8) is 0 Å². The fraction of sp³-hybridized carbons (Fsp3) is 0.458. The number of halogens is 1. The van der Waals surface area contributed by atoms with E-state index in [1.165, 1.54) is 51.4 Å². The first kappa shape index (κ1) is 23.1. The summed E-state index contributed by atoms with van der Waals surface area (Å²) in [4.78, 5) is 3.80. The van der Waals surface area contributed by atoms with Crippen LogP contribution in [0.25, 0.3) is 11.4 Å². The number of aromatic nitrogens is 4. The van der Waals surface area contributed by atoms with Crippen LogP contribution in [0, 0.1) is 0 Å². The molecule has 0 atom stereocenters. The number of benzene rings is 2. The van der Waals surface area contributed by atoms with Crippen LogP contribution in [0.3, 0.4) is 0 Å². The van der Waals surface area contributed by atoms with E-state index in [-0.39, 0.29) is 12.4 Å². The Kier molecular flexibility index (Phi) is 10.4. The zero-order valence-electron chi connectivity index (χ0n) is 17.5. The molecule has 5 heteroatoms. The van der Waals surface area contributed by atoms with Crippen molar-refractivity contribution in [2.24, 2.45) is 0 Å². The molecule has 1 heterocycles. The average Bonchev–Trinajstić information content (AvgIpc) is 3.18. The van der Waals surface area contributed by atoms with Gasteiger partial charge in [-0.2, -0.15) is 0 Å². The maximum atomic E-state index is 4.79. The second-order valence-corrected chi connectivity index (χ2v) is 7.44. The summed E-state index contributed by atoms with van der Waals surface area (Å²) in [7, 11) is 0. The first-order valence-electron chi connectivity index (χ1n) is 10.9. The molecule has 0 aliphatic carbocycles. The fourth-order valence-electron chi connectivity index (χ4n) is 3.47. The van der Waals surface area contributed by atoms with Crippen molar-refractivity contribution in [3.05, 3.63) is 66.5 Å². The monoisotopic (exact) mass is 412 g/mol. The largest absolute Gasteiger partial charge is 1.00 e. The van der Waals surface area contributed by atoms with Gasteiger partial charge < -0.3 is 12.4 Å². The molecular formula is C24H33ClN4. The minimum Gasteiger partial charge on any atom is -1.00 e. The summed E-state index contributed by atoms with van der Waals surface area (Å²) < 4.78 is 0. The third-order valence-electron chi connectivity index (χ3n) is 5.08. The molecule has 0 unspecified atom stereocenters. The molecular weight excluding hydrogens is 380 g/mol. The van der Waals surface area contributed by atoms with Crippen molar-refractivity contribution in [2.75, 3.05) is 0 Å². The van der Waals surface area contributed by atoms with Gasteiger partial charge in [-0.25, -0.2) is 0 Å². The van der Waals surface area contributed by atoms with Crippen molar-refractivity contribution >= 4 is 0 Å². The maximum absolute atomic E-state index is 4.79. The molecule has 0 spiro atoms. The van der Waals surface area contributed by atoms with Crippen molar-refractivity contribution in [3.8, 4) is 11.4 Å². The van der Waals surface area contributed by atoms with E-state index in [1.807, 2.05) is 46.0 Å². The van der Waals surface area contributed by atoms with Crippen LogP contribution in [0.4, 0.5) is 0 Å². The lowest BCUT2D eigenvalue weighted by Gasteiger charge is -2.00. The van der Waals surface area contributed by atoms with Gasteiger partial charge in [-0.3, -0.25) is 0 Å². The number of para-hydroxylation sites is 2. The molecule has 156 valence electrons. The van der Waals surface area contributed by atoms with Crippen LogP contribution >= 0.6 is 0 Å². The lowest BCUT2D eigenvalue weighted by atomic mass is 10.1. The topological polar surface area (TPSA) is 34.6 Å². The van der Waals surface area contributed by atoms with Gasteiger partial charge in [0.05, 0.1) is 5.10 Å². The molecule has 0 aliphatic rings. The molecule has 2 aromatic carbocycles. The van der Waals surface area contributed by atoms with E-state index in [1.54, 1.807) is 0 Å². The summed E-state index contributed by atoms with van der Waals surface area (Å²) in [6, 6.07) is 20.4. The van der Waals surface area contributed by atoms with Crippen LogP contribution in [-0.2, 0) is 6.42 Å². The van der Waals surface area contributed by atoms with Gasteiger partial charge in [-0.1, -0.05) is 94.7 Å². The van der Waals surface area contributed by atoms with Crippen LogP contribution < -0.4 is 17.2 Å². The maximum Gasteiger partial charge on any atom is 0.309 e. The van der Waals surface area contributed by atoms with Gasteiger partial charge in [0.1, 0.15) is 5.69 Å². The van der Waals surface area contributed by atoms with Crippen LogP contribution in [0.2, 0.25) is 0 Å². The van der Waals surface area contributed by atoms with Crippen molar-refractivity contribution in [1.29, 1.82) is 0 Å². The highest BCUT2D eigenvalue weighted by molar-refractivity contribution is 5.28. The summed E-state index contributed by atoms with van der Waals surface area (Å²) in [5.41, 5.74) is 2.05. The number of unbranched alkanes of at least 4 members (excludes halogenated alkanes) is 8. The molecule has 0 saturated carbocycles. The molecule has 0 radical (unpaired) electrons. The van der Waals surface area contributed by atoms with Gasteiger partial charge in [0.15, 0.2) is 5.69 Å². The third-order valence-corrected chi connectivity index (χ3v) is 5.08. The molecule has 0 N–H and O–H groups in total. The lowest BCUT2D eigenvalue weighted by Crippen LogP contribution is -3.00. The van der Waals surface area contributed by atoms with Crippen molar-refractivity contribution < 1.29 is 17.2 Å². The number of aryl methyl sites for hydroxylation is 1. The molecule has 0 amide bonds. The van der Waals surface area contributed by atoms with E-state index >= 15 is 0 Å². The van der Waals surface area contributed by atoms with Gasteiger partial charge in [0.25, 0.3) is 0 Å². The normalized spacial score (nSPS) is 10.7. The third kappa shape index (κ3) is 7.28. The average molecular weight is 413 g/mol. The van der Waals surface area contributed by atoms with E-state index in [4.69, 9.17) is 10.2 Å². The Bertz CT molecular complexity index is 745. The minimum absolute atomic E-state index is 0. The van der Waals surface area contributed by atoms with Gasteiger partial charge in [0.2, 0.25) is 0 Å². The second-order valence-electron chi connectivity index (χ2n) is 7.44. The quantitative estimate of drug-likeness (QED) is 0.338. The van der Waals surface area contributed by atoms with E-state index < -0.39 is 0 Å². The fourth-order valence-corrected chi connectivity index (χ4v) is 3.47. The number of nitrogens with zero attached hydrogens (tertiary/aromatic N) is 4. The van der Waals surface area contributed by atoms with E-state index in [0.717, 1.165) is 30.0 Å². The smallest absolute Gasteiger partial charge is 0.309 e. The number of tetrazole rings is 1. The molecule has 4 nitrogen and oxygen atoms in total. The number of hydrogen-bond donors (Lipinski definition) is 0. The molecule has 0 bridgehead atoms. The van der Waals surface area contributed by atoms with Gasteiger partial charge >= 0.3 is 5.82 Å². The first-order chi connectivity index (χ1) is 13.9. The molecule has 0 saturated heterocycles. The number of rotatable bonds is 12. The Balaban J connectivity index is 0.00000300.